The molecule has 4 aromatic rings. The van der Waals surface area contributed by atoms with Gasteiger partial charge in [0.05, 0.1) is 16.8 Å². The molecule has 0 radical (unpaired) electrons. The van der Waals surface area contributed by atoms with E-state index in [9.17, 15) is 4.79 Å². The number of hydrogen-bond donors (Lipinski definition) is 1. The van der Waals surface area contributed by atoms with E-state index in [0.29, 0.717) is 0 Å². The summed E-state index contributed by atoms with van der Waals surface area (Å²) in [5.41, 5.74) is 6.60. The highest BCUT2D eigenvalue weighted by Crippen LogP contribution is 2.34. The number of hydrogen-bond acceptors (Lipinski definition) is 2. The Morgan fingerprint density at radius 2 is 1.57 bits per heavy atom. The van der Waals surface area contributed by atoms with E-state index in [-0.39, 0.29) is 5.91 Å². The first-order valence-electron chi connectivity index (χ1n) is 13.8. The number of carbonyl (C=O) groups is 1. The molecule has 37 heavy (non-hydrogen) atoms. The summed E-state index contributed by atoms with van der Waals surface area (Å²) in [4.78, 5) is 18.7. The van der Waals surface area contributed by atoms with Crippen molar-refractivity contribution in [1.82, 2.24) is 4.98 Å². The third-order valence-electron chi connectivity index (χ3n) is 6.85. The van der Waals surface area contributed by atoms with Gasteiger partial charge in [0.2, 0.25) is 0 Å². The predicted molar refractivity (Wildman–Crippen MR) is 158 cm³/mol. The lowest BCUT2D eigenvalue weighted by Crippen LogP contribution is -2.16. The van der Waals surface area contributed by atoms with Gasteiger partial charge in [0.25, 0.3) is 5.91 Å². The Morgan fingerprint density at radius 1 is 0.811 bits per heavy atom. The van der Waals surface area contributed by atoms with Crippen LogP contribution in [0.15, 0.2) is 91.1 Å². The molecule has 190 valence electrons. The number of allylic oxidation sites excluding steroid dienone is 2. The zero-order chi connectivity index (χ0) is 25.9. The van der Waals surface area contributed by atoms with Gasteiger partial charge in [0.1, 0.15) is 0 Å². The van der Waals surface area contributed by atoms with Gasteiger partial charge >= 0.3 is 0 Å². The van der Waals surface area contributed by atoms with Gasteiger partial charge in [-0.25, -0.2) is 0 Å². The van der Waals surface area contributed by atoms with Crippen LogP contribution < -0.4 is 5.32 Å². The summed E-state index contributed by atoms with van der Waals surface area (Å²) < 4.78 is 0. The van der Waals surface area contributed by atoms with Crippen LogP contribution in [0.4, 0.5) is 5.69 Å². The highest BCUT2D eigenvalue weighted by Gasteiger charge is 2.20. The lowest BCUT2D eigenvalue weighted by Gasteiger charge is -2.18. The van der Waals surface area contributed by atoms with Crippen molar-refractivity contribution in [1.29, 1.82) is 0 Å². The molecule has 1 aromatic heterocycles. The van der Waals surface area contributed by atoms with E-state index in [1.54, 1.807) is 6.20 Å². The fourth-order valence-electron chi connectivity index (χ4n) is 4.90. The molecule has 0 unspecified atom stereocenters. The Kier molecular flexibility index (Phi) is 9.65. The van der Waals surface area contributed by atoms with Crippen LogP contribution in [0.5, 0.6) is 0 Å². The molecule has 1 amide bonds. The van der Waals surface area contributed by atoms with Gasteiger partial charge in [-0.05, 0) is 60.1 Å². The van der Waals surface area contributed by atoms with Crippen LogP contribution in [0.2, 0.25) is 0 Å². The minimum Gasteiger partial charge on any atom is -0.320 e. The number of pyridine rings is 1. The molecule has 0 aliphatic rings. The second-order valence-corrected chi connectivity index (χ2v) is 9.61. The van der Waals surface area contributed by atoms with Gasteiger partial charge in [-0.1, -0.05) is 112 Å². The number of aromatic nitrogens is 1. The van der Waals surface area contributed by atoms with Crippen molar-refractivity contribution >= 4 is 28.1 Å². The maximum Gasteiger partial charge on any atom is 0.256 e. The minimum absolute atomic E-state index is 0.0949. The first kappa shape index (κ1) is 26.3. The van der Waals surface area contributed by atoms with E-state index in [0.717, 1.165) is 58.1 Å². The molecular formula is C34H38N2O. The normalized spacial score (nSPS) is 11.6. The number of unbranched alkanes of at least 4 members (excludes halogenated alkanes) is 5. The number of para-hydroxylation sites is 1. The van der Waals surface area contributed by atoms with Gasteiger partial charge in [-0.15, -0.1) is 0 Å². The zero-order valence-corrected chi connectivity index (χ0v) is 22.2. The zero-order valence-electron chi connectivity index (χ0n) is 22.2. The number of nitrogens with one attached hydrogen (secondary N) is 1. The van der Waals surface area contributed by atoms with Crippen molar-refractivity contribution in [2.75, 3.05) is 5.32 Å². The van der Waals surface area contributed by atoms with E-state index in [4.69, 9.17) is 0 Å². The van der Waals surface area contributed by atoms with Crippen LogP contribution >= 0.6 is 0 Å². The molecule has 3 nitrogen and oxygen atoms in total. The number of fused-ring (bicyclic) bond motifs is 1. The quantitative estimate of drug-likeness (QED) is 0.201. The van der Waals surface area contributed by atoms with Crippen LogP contribution in [-0.4, -0.2) is 10.9 Å². The largest absolute Gasteiger partial charge is 0.320 e. The molecule has 0 saturated carbocycles. The van der Waals surface area contributed by atoms with Gasteiger partial charge in [0, 0.05) is 11.6 Å². The Bertz CT molecular complexity index is 1340. The van der Waals surface area contributed by atoms with Crippen molar-refractivity contribution < 1.29 is 4.79 Å². The monoisotopic (exact) mass is 490 g/mol. The Balaban J connectivity index is 1.80. The predicted octanol–water partition coefficient (Wildman–Crippen LogP) is 9.70. The average molecular weight is 491 g/mol. The molecule has 1 N–H and O–H groups in total. The summed E-state index contributed by atoms with van der Waals surface area (Å²) >= 11 is 0. The fraction of sp³-hybridized carbons (Fsp3) is 0.294. The topological polar surface area (TPSA) is 42.0 Å². The number of benzene rings is 3. The maximum atomic E-state index is 14.1. The average Bonchev–Trinajstić information content (AvgIpc) is 2.94. The Hall–Kier alpha value is -3.72. The molecule has 0 aliphatic carbocycles. The third-order valence-corrected chi connectivity index (χ3v) is 6.85. The van der Waals surface area contributed by atoms with Crippen molar-refractivity contribution in [3.05, 3.63) is 102 Å². The number of amides is 1. The van der Waals surface area contributed by atoms with E-state index >= 15 is 0 Å². The van der Waals surface area contributed by atoms with Gasteiger partial charge < -0.3 is 5.32 Å². The Labute approximate surface area is 221 Å². The standard InChI is InChI=1S/C34H38N2O/c1-3-5-7-10-17-26(16-9-6-4-2)29-22-14-23-30(27-18-11-8-12-19-27)32(29)34(37)36-31-24-13-20-28-21-15-25-35-33(28)31/h8,11-15,17-25H,3-7,9-10,16H2,1-2H3,(H,36,37)/b26-17+. The second-order valence-electron chi connectivity index (χ2n) is 9.61. The smallest absolute Gasteiger partial charge is 0.256 e. The fourth-order valence-corrected chi connectivity index (χ4v) is 4.90. The van der Waals surface area contributed by atoms with Crippen LogP contribution in [0.3, 0.4) is 0 Å². The number of carbonyl (C=O) groups excluding carboxylic acids is 1. The molecule has 0 saturated heterocycles. The van der Waals surface area contributed by atoms with E-state index < -0.39 is 0 Å². The van der Waals surface area contributed by atoms with Crippen molar-refractivity contribution in [2.45, 2.75) is 65.2 Å². The number of nitrogens with zero attached hydrogens (tertiary/aromatic N) is 1. The molecule has 0 atom stereocenters. The summed E-state index contributed by atoms with van der Waals surface area (Å²) in [5.74, 6) is -0.0949. The molecule has 3 aromatic carbocycles. The summed E-state index contributed by atoms with van der Waals surface area (Å²) in [6.45, 7) is 4.47. The molecule has 4 rings (SSSR count). The summed E-state index contributed by atoms with van der Waals surface area (Å²) in [7, 11) is 0. The van der Waals surface area contributed by atoms with Crippen LogP contribution in [0, 0.1) is 0 Å². The number of rotatable bonds is 12. The lowest BCUT2D eigenvalue weighted by atomic mass is 9.88. The lowest BCUT2D eigenvalue weighted by molar-refractivity contribution is 0.102. The summed E-state index contributed by atoms with van der Waals surface area (Å²) in [6.07, 6.45) is 13.3. The first-order valence-corrected chi connectivity index (χ1v) is 13.8. The Morgan fingerprint density at radius 3 is 2.38 bits per heavy atom. The second kappa shape index (κ2) is 13.5. The summed E-state index contributed by atoms with van der Waals surface area (Å²) in [5, 5.41) is 4.23. The van der Waals surface area contributed by atoms with Crippen molar-refractivity contribution in [3.8, 4) is 11.1 Å². The van der Waals surface area contributed by atoms with Crippen LogP contribution in [0.25, 0.3) is 27.6 Å². The molecule has 0 bridgehead atoms. The maximum absolute atomic E-state index is 14.1. The molecule has 0 fully saturated rings. The summed E-state index contributed by atoms with van der Waals surface area (Å²) in [6, 6.07) is 26.4. The molecule has 1 heterocycles. The van der Waals surface area contributed by atoms with Gasteiger partial charge in [-0.3, -0.25) is 9.78 Å². The first-order chi connectivity index (χ1) is 18.2. The van der Waals surface area contributed by atoms with Gasteiger partial charge in [0.15, 0.2) is 0 Å². The van der Waals surface area contributed by atoms with Gasteiger partial charge in [-0.2, -0.15) is 0 Å². The molecule has 0 spiro atoms. The van der Waals surface area contributed by atoms with E-state index in [1.165, 1.54) is 37.7 Å². The molecular weight excluding hydrogens is 452 g/mol. The molecule has 3 heteroatoms. The van der Waals surface area contributed by atoms with Crippen molar-refractivity contribution in [2.24, 2.45) is 0 Å². The van der Waals surface area contributed by atoms with Crippen molar-refractivity contribution in [3.63, 3.8) is 0 Å². The van der Waals surface area contributed by atoms with Crippen LogP contribution in [0.1, 0.15) is 81.1 Å². The third kappa shape index (κ3) is 6.74. The number of anilines is 1. The highest BCUT2D eigenvalue weighted by atomic mass is 16.1. The SMILES string of the molecule is CCCCC/C=C(\CCCCC)c1cccc(-c2ccccc2)c1C(=O)Nc1cccc2cccnc12. The molecule has 0 aliphatic heterocycles. The highest BCUT2D eigenvalue weighted by molar-refractivity contribution is 6.14. The van der Waals surface area contributed by atoms with E-state index in [2.05, 4.69) is 60.6 Å². The minimum atomic E-state index is -0.0949. The van der Waals surface area contributed by atoms with Crippen LogP contribution in [-0.2, 0) is 0 Å². The van der Waals surface area contributed by atoms with E-state index in [1.807, 2.05) is 48.5 Å².